The van der Waals surface area contributed by atoms with E-state index in [9.17, 15) is 4.79 Å². The second-order valence-corrected chi connectivity index (χ2v) is 2.95. The predicted octanol–water partition coefficient (Wildman–Crippen LogP) is -3.12. The maximum Gasteiger partial charge on any atom is 0.217 e. The Morgan fingerprint density at radius 2 is 1.62 bits per heavy atom. The van der Waals surface area contributed by atoms with Crippen LogP contribution < -0.4 is 0 Å². The van der Waals surface area contributed by atoms with E-state index < -0.39 is 36.1 Å². The van der Waals surface area contributed by atoms with E-state index >= 15 is 0 Å². The summed E-state index contributed by atoms with van der Waals surface area (Å²) in [7, 11) is 0. The number of hydrogen-bond acceptors (Lipinski definition) is 6. The summed E-state index contributed by atoms with van der Waals surface area (Å²) < 4.78 is 0. The minimum atomic E-state index is -1.89. The molecular formula is C6H12O6S. The molecule has 0 aliphatic carbocycles. The van der Waals surface area contributed by atoms with Crippen molar-refractivity contribution in [2.24, 2.45) is 0 Å². The van der Waals surface area contributed by atoms with Crippen molar-refractivity contribution in [3.8, 4) is 0 Å². The van der Waals surface area contributed by atoms with Crippen LogP contribution in [0.1, 0.15) is 0 Å². The molecule has 7 heteroatoms. The third kappa shape index (κ3) is 3.59. The van der Waals surface area contributed by atoms with Crippen LogP contribution in [0.25, 0.3) is 0 Å². The van der Waals surface area contributed by atoms with Gasteiger partial charge in [0.25, 0.3) is 0 Å². The molecule has 0 aliphatic heterocycles. The largest absolute Gasteiger partial charge is 0.394 e. The Morgan fingerprint density at radius 1 is 1.15 bits per heavy atom. The molecule has 0 heterocycles. The fraction of sp³-hybridized carbons (Fsp3) is 0.833. The molecular weight excluding hydrogens is 200 g/mol. The summed E-state index contributed by atoms with van der Waals surface area (Å²) in [6.45, 7) is -0.786. The van der Waals surface area contributed by atoms with E-state index in [1.54, 1.807) is 0 Å². The van der Waals surface area contributed by atoms with Crippen molar-refractivity contribution in [3.05, 3.63) is 0 Å². The lowest BCUT2D eigenvalue weighted by Crippen LogP contribution is -2.47. The maximum atomic E-state index is 10.4. The van der Waals surface area contributed by atoms with Gasteiger partial charge in [0.1, 0.15) is 18.3 Å². The van der Waals surface area contributed by atoms with Crippen molar-refractivity contribution in [1.29, 1.82) is 0 Å². The number of rotatable bonds is 5. The molecule has 0 aliphatic rings. The fourth-order valence-electron chi connectivity index (χ4n) is 0.668. The average Bonchev–Trinajstić information content (AvgIpc) is 2.12. The Labute approximate surface area is 79.9 Å². The van der Waals surface area contributed by atoms with Gasteiger partial charge in [-0.3, -0.25) is 4.79 Å². The first-order valence-corrected chi connectivity index (χ1v) is 3.92. The molecule has 13 heavy (non-hydrogen) atoms. The van der Waals surface area contributed by atoms with E-state index in [2.05, 4.69) is 12.6 Å². The van der Waals surface area contributed by atoms with Gasteiger partial charge in [-0.15, -0.1) is 12.6 Å². The zero-order chi connectivity index (χ0) is 10.6. The van der Waals surface area contributed by atoms with Gasteiger partial charge in [0.15, 0.2) is 6.10 Å². The van der Waals surface area contributed by atoms with Crippen LogP contribution in [0, 0.1) is 0 Å². The molecule has 0 aromatic heterocycles. The quantitative estimate of drug-likeness (QED) is 0.268. The summed E-state index contributed by atoms with van der Waals surface area (Å²) in [6, 6.07) is 0. The first kappa shape index (κ1) is 12.8. The molecule has 0 rings (SSSR count). The molecule has 0 saturated heterocycles. The van der Waals surface area contributed by atoms with E-state index in [-0.39, 0.29) is 0 Å². The zero-order valence-electron chi connectivity index (χ0n) is 6.61. The number of hydrogen-bond donors (Lipinski definition) is 6. The third-order valence-corrected chi connectivity index (χ3v) is 1.77. The first-order valence-electron chi connectivity index (χ1n) is 3.47. The molecule has 0 aromatic carbocycles. The Kier molecular flexibility index (Phi) is 5.45. The molecule has 0 amide bonds. The topological polar surface area (TPSA) is 118 Å². The molecule has 5 N–H and O–H groups in total. The van der Waals surface area contributed by atoms with Crippen molar-refractivity contribution in [2.45, 2.75) is 24.4 Å². The number of thiol groups is 1. The molecule has 6 nitrogen and oxygen atoms in total. The van der Waals surface area contributed by atoms with Crippen molar-refractivity contribution in [3.63, 3.8) is 0 Å². The number of aliphatic hydroxyl groups is 5. The Balaban J connectivity index is 4.24. The highest BCUT2D eigenvalue weighted by molar-refractivity contribution is 7.96. The smallest absolute Gasteiger partial charge is 0.217 e. The summed E-state index contributed by atoms with van der Waals surface area (Å²) in [5.74, 6) is 0. The molecule has 0 saturated carbocycles. The molecule has 0 bridgehead atoms. The zero-order valence-corrected chi connectivity index (χ0v) is 7.50. The third-order valence-electron chi connectivity index (χ3n) is 1.51. The fourth-order valence-corrected chi connectivity index (χ4v) is 0.821. The Hall–Kier alpha value is -0.180. The van der Waals surface area contributed by atoms with Gasteiger partial charge in [0.05, 0.1) is 6.61 Å². The lowest BCUT2D eigenvalue weighted by molar-refractivity contribution is -0.139. The summed E-state index contributed by atoms with van der Waals surface area (Å²) in [4.78, 5) is 10.4. The van der Waals surface area contributed by atoms with Gasteiger partial charge >= 0.3 is 0 Å². The summed E-state index contributed by atoms with van der Waals surface area (Å²) in [5.41, 5.74) is 0. The predicted molar refractivity (Wildman–Crippen MR) is 45.1 cm³/mol. The molecule has 0 fully saturated rings. The SMILES string of the molecule is O=C(S)[C@H](O)[C@@H](O)[C@@H](O)[C@H](O)CO. The lowest BCUT2D eigenvalue weighted by Gasteiger charge is -2.23. The Bertz CT molecular complexity index is 175. The van der Waals surface area contributed by atoms with Gasteiger partial charge < -0.3 is 25.5 Å². The summed E-state index contributed by atoms with van der Waals surface area (Å²) in [5, 5.41) is 43.1. The number of carbonyl (C=O) groups is 1. The van der Waals surface area contributed by atoms with Gasteiger partial charge in [-0.25, -0.2) is 0 Å². The van der Waals surface area contributed by atoms with Crippen LogP contribution >= 0.6 is 12.6 Å². The van der Waals surface area contributed by atoms with Crippen LogP contribution in [0.15, 0.2) is 0 Å². The van der Waals surface area contributed by atoms with Gasteiger partial charge in [0.2, 0.25) is 5.12 Å². The number of carbonyl (C=O) groups excluding carboxylic acids is 1. The van der Waals surface area contributed by atoms with Crippen LogP contribution in [-0.2, 0) is 4.79 Å². The van der Waals surface area contributed by atoms with E-state index in [1.807, 2.05) is 0 Å². The maximum absolute atomic E-state index is 10.4. The summed E-state index contributed by atoms with van der Waals surface area (Å²) in [6.07, 6.45) is -7.17. The van der Waals surface area contributed by atoms with Crippen LogP contribution in [-0.4, -0.2) is 61.7 Å². The van der Waals surface area contributed by atoms with Crippen molar-refractivity contribution >= 4 is 17.7 Å². The van der Waals surface area contributed by atoms with Gasteiger partial charge in [-0.1, -0.05) is 0 Å². The highest BCUT2D eigenvalue weighted by Gasteiger charge is 2.32. The van der Waals surface area contributed by atoms with Crippen LogP contribution in [0.4, 0.5) is 0 Å². The van der Waals surface area contributed by atoms with Crippen molar-refractivity contribution in [2.75, 3.05) is 6.61 Å². The highest BCUT2D eigenvalue weighted by atomic mass is 32.1. The lowest BCUT2D eigenvalue weighted by atomic mass is 10.0. The molecule has 0 aromatic rings. The molecule has 0 radical (unpaired) electrons. The van der Waals surface area contributed by atoms with E-state index in [0.717, 1.165) is 0 Å². The molecule has 78 valence electrons. The average molecular weight is 212 g/mol. The normalized spacial score (nSPS) is 20.5. The molecule has 4 atom stereocenters. The van der Waals surface area contributed by atoms with Gasteiger partial charge in [0, 0.05) is 0 Å². The van der Waals surface area contributed by atoms with Crippen LogP contribution in [0.5, 0.6) is 0 Å². The van der Waals surface area contributed by atoms with Gasteiger partial charge in [-0.05, 0) is 0 Å². The molecule has 0 spiro atoms. The first-order chi connectivity index (χ1) is 5.91. The van der Waals surface area contributed by atoms with Crippen LogP contribution in [0.3, 0.4) is 0 Å². The number of aliphatic hydroxyl groups excluding tert-OH is 5. The van der Waals surface area contributed by atoms with Crippen LogP contribution in [0.2, 0.25) is 0 Å². The standard InChI is InChI=1S/C6H12O6S/c7-1-2(8)3(9)4(10)5(11)6(12)13/h2-5,7-11H,1H2,(H,12,13)/t2-,3+,4+,5-/m1/s1. The van der Waals surface area contributed by atoms with E-state index in [0.29, 0.717) is 0 Å². The van der Waals surface area contributed by atoms with Gasteiger partial charge in [-0.2, -0.15) is 0 Å². The minimum absolute atomic E-state index is 0.786. The van der Waals surface area contributed by atoms with Crippen molar-refractivity contribution < 1.29 is 30.3 Å². The van der Waals surface area contributed by atoms with Crippen molar-refractivity contribution in [1.82, 2.24) is 0 Å². The second kappa shape index (κ2) is 5.53. The summed E-state index contributed by atoms with van der Waals surface area (Å²) >= 11 is 3.22. The monoisotopic (exact) mass is 212 g/mol. The molecule has 0 unspecified atom stereocenters. The minimum Gasteiger partial charge on any atom is -0.394 e. The Morgan fingerprint density at radius 3 is 1.92 bits per heavy atom. The van der Waals surface area contributed by atoms with E-state index in [1.165, 1.54) is 0 Å². The highest BCUT2D eigenvalue weighted by Crippen LogP contribution is 2.06. The second-order valence-electron chi connectivity index (χ2n) is 2.51. The van der Waals surface area contributed by atoms with E-state index in [4.69, 9.17) is 25.5 Å².